The van der Waals surface area contributed by atoms with E-state index >= 15 is 0 Å². The zero-order valence-electron chi connectivity index (χ0n) is 16.4. The van der Waals surface area contributed by atoms with Gasteiger partial charge in [0.15, 0.2) is 17.3 Å². The summed E-state index contributed by atoms with van der Waals surface area (Å²) >= 11 is 0. The Labute approximate surface area is 170 Å². The maximum Gasteiger partial charge on any atom is 0.435 e. The fourth-order valence-corrected chi connectivity index (χ4v) is 4.77. The second-order valence-electron chi connectivity index (χ2n) is 7.93. The van der Waals surface area contributed by atoms with Crippen molar-refractivity contribution in [1.82, 2.24) is 14.5 Å². The second-order valence-corrected chi connectivity index (χ2v) is 7.93. The first-order valence-corrected chi connectivity index (χ1v) is 9.94. The van der Waals surface area contributed by atoms with Gasteiger partial charge in [-0.05, 0) is 25.0 Å². The molecule has 0 aliphatic carbocycles. The highest BCUT2D eigenvalue weighted by Gasteiger charge is 2.37. The number of aromatic nitrogens is 2. The summed E-state index contributed by atoms with van der Waals surface area (Å²) < 4.78 is 68.2. The fourth-order valence-electron chi connectivity index (χ4n) is 4.77. The lowest BCUT2D eigenvalue weighted by Crippen LogP contribution is -2.43. The smallest absolute Gasteiger partial charge is 0.435 e. The van der Waals surface area contributed by atoms with Crippen LogP contribution in [0.25, 0.3) is 21.8 Å². The minimum absolute atomic E-state index is 0.00232. The molecule has 2 aromatic heterocycles. The fraction of sp³-hybridized carbons (Fsp3) is 0.476. The lowest BCUT2D eigenvalue weighted by Gasteiger charge is -2.32. The molecule has 3 aromatic rings. The first-order chi connectivity index (χ1) is 14.3. The van der Waals surface area contributed by atoms with E-state index in [1.165, 1.54) is 25.3 Å². The normalized spacial score (nSPS) is 22.3. The van der Waals surface area contributed by atoms with Crippen LogP contribution in [0.2, 0.25) is 0 Å². The molecule has 5 rings (SSSR count). The van der Waals surface area contributed by atoms with Crippen LogP contribution in [0.1, 0.15) is 18.5 Å². The first-order valence-electron chi connectivity index (χ1n) is 9.94. The van der Waals surface area contributed by atoms with Gasteiger partial charge in [0.05, 0.1) is 30.4 Å². The Morgan fingerprint density at radius 2 is 1.87 bits per heavy atom. The number of methoxy groups -OCH3 is 1. The Balaban J connectivity index is 1.63. The number of morpholine rings is 1. The molecule has 2 atom stereocenters. The molecule has 1 aromatic carbocycles. The standard InChI is InChI=1S/C21H21F4N3O2/c1-29-18-9-17-15(8-16(18)22)14-4-5-26-20(21(23,24)25)19(14)28(17)7-6-27-10-12-2-3-13(11-27)30-12/h4-5,8-9,12-13H,2-3,6-7,10-11H2,1H3. The van der Waals surface area contributed by atoms with Crippen LogP contribution < -0.4 is 4.74 Å². The number of ether oxygens (including phenoxy) is 2. The van der Waals surface area contributed by atoms with E-state index in [2.05, 4.69) is 9.88 Å². The number of alkyl halides is 3. The zero-order valence-corrected chi connectivity index (χ0v) is 16.4. The van der Waals surface area contributed by atoms with Crippen molar-refractivity contribution < 1.29 is 27.0 Å². The monoisotopic (exact) mass is 423 g/mol. The first kappa shape index (κ1) is 19.6. The molecule has 2 saturated heterocycles. The van der Waals surface area contributed by atoms with E-state index in [-0.39, 0.29) is 23.5 Å². The average Bonchev–Trinajstić information content (AvgIpc) is 3.21. The van der Waals surface area contributed by atoms with Crippen molar-refractivity contribution in [3.8, 4) is 5.75 Å². The number of likely N-dealkylation sites (tertiary alicyclic amines) is 1. The molecule has 2 fully saturated rings. The highest BCUT2D eigenvalue weighted by Crippen LogP contribution is 2.39. The molecular weight excluding hydrogens is 402 g/mol. The second kappa shape index (κ2) is 7.09. The molecule has 2 unspecified atom stereocenters. The molecule has 0 radical (unpaired) electrons. The Bertz CT molecular complexity index is 1100. The molecule has 0 spiro atoms. The maximum absolute atomic E-state index is 14.4. The van der Waals surface area contributed by atoms with Crippen molar-refractivity contribution in [3.63, 3.8) is 0 Å². The van der Waals surface area contributed by atoms with Gasteiger partial charge in [-0.25, -0.2) is 9.37 Å². The molecule has 2 aliphatic rings. The van der Waals surface area contributed by atoms with Crippen LogP contribution in [-0.4, -0.2) is 53.4 Å². The summed E-state index contributed by atoms with van der Waals surface area (Å²) in [6.45, 7) is 2.44. The van der Waals surface area contributed by atoms with Gasteiger partial charge in [-0.2, -0.15) is 13.2 Å². The van der Waals surface area contributed by atoms with Crippen molar-refractivity contribution in [1.29, 1.82) is 0 Å². The summed E-state index contributed by atoms with van der Waals surface area (Å²) in [6.07, 6.45) is -1.06. The maximum atomic E-state index is 14.4. The summed E-state index contributed by atoms with van der Waals surface area (Å²) in [6, 6.07) is 4.21. The van der Waals surface area contributed by atoms with Gasteiger partial charge in [0.25, 0.3) is 0 Å². The number of rotatable bonds is 4. The lowest BCUT2D eigenvalue weighted by atomic mass is 10.1. The Morgan fingerprint density at radius 1 is 1.13 bits per heavy atom. The largest absolute Gasteiger partial charge is 0.494 e. The van der Waals surface area contributed by atoms with Crippen molar-refractivity contribution in [2.45, 2.75) is 37.8 Å². The highest BCUT2D eigenvalue weighted by molar-refractivity contribution is 6.09. The van der Waals surface area contributed by atoms with E-state index in [1.807, 2.05) is 0 Å². The van der Waals surface area contributed by atoms with Gasteiger partial charge >= 0.3 is 6.18 Å². The van der Waals surface area contributed by atoms with E-state index in [0.29, 0.717) is 29.4 Å². The predicted molar refractivity (Wildman–Crippen MR) is 103 cm³/mol. The molecule has 2 aliphatic heterocycles. The SMILES string of the molecule is COc1cc2c(cc1F)c1ccnc(C(F)(F)F)c1n2CCN1CC2CCC(C1)O2. The van der Waals surface area contributed by atoms with Crippen LogP contribution in [0.4, 0.5) is 17.6 Å². The van der Waals surface area contributed by atoms with Gasteiger partial charge in [0.2, 0.25) is 0 Å². The Hall–Kier alpha value is -2.39. The van der Waals surface area contributed by atoms with Gasteiger partial charge in [-0.15, -0.1) is 0 Å². The number of fused-ring (bicyclic) bond motifs is 5. The van der Waals surface area contributed by atoms with Crippen LogP contribution >= 0.6 is 0 Å². The number of hydrogen-bond acceptors (Lipinski definition) is 4. The molecule has 4 heterocycles. The number of hydrogen-bond donors (Lipinski definition) is 0. The molecule has 0 amide bonds. The third-order valence-electron chi connectivity index (χ3n) is 6.07. The van der Waals surface area contributed by atoms with Crippen LogP contribution in [0.15, 0.2) is 24.4 Å². The molecular formula is C21H21F4N3O2. The van der Waals surface area contributed by atoms with Crippen molar-refractivity contribution in [3.05, 3.63) is 35.9 Å². The Kier molecular flexibility index (Phi) is 4.62. The summed E-state index contributed by atoms with van der Waals surface area (Å²) in [5, 5.41) is 0.745. The van der Waals surface area contributed by atoms with E-state index in [1.54, 1.807) is 4.57 Å². The van der Waals surface area contributed by atoms with Gasteiger partial charge in [0.1, 0.15) is 0 Å². The zero-order chi connectivity index (χ0) is 21.0. The minimum Gasteiger partial charge on any atom is -0.494 e. The molecule has 160 valence electrons. The summed E-state index contributed by atoms with van der Waals surface area (Å²) in [5.41, 5.74) is -0.487. The van der Waals surface area contributed by atoms with Gasteiger partial charge in [-0.3, -0.25) is 4.90 Å². The minimum atomic E-state index is -4.62. The quantitative estimate of drug-likeness (QED) is 0.589. The van der Waals surface area contributed by atoms with Crippen LogP contribution in [0, 0.1) is 5.82 Å². The van der Waals surface area contributed by atoms with Gasteiger partial charge in [-0.1, -0.05) is 0 Å². The summed E-state index contributed by atoms with van der Waals surface area (Å²) in [5.74, 6) is -0.614. The van der Waals surface area contributed by atoms with Gasteiger partial charge in [0, 0.05) is 49.2 Å². The van der Waals surface area contributed by atoms with E-state index in [9.17, 15) is 17.6 Å². The molecule has 5 nitrogen and oxygen atoms in total. The molecule has 9 heteroatoms. The van der Waals surface area contributed by atoms with E-state index in [0.717, 1.165) is 32.1 Å². The number of pyridine rings is 1. The van der Waals surface area contributed by atoms with E-state index in [4.69, 9.17) is 9.47 Å². The van der Waals surface area contributed by atoms with Gasteiger partial charge < -0.3 is 14.0 Å². The molecule has 30 heavy (non-hydrogen) atoms. The van der Waals surface area contributed by atoms with Crippen LogP contribution in [0.5, 0.6) is 5.75 Å². The molecule has 2 bridgehead atoms. The average molecular weight is 423 g/mol. The number of benzene rings is 1. The van der Waals surface area contributed by atoms with Crippen LogP contribution in [-0.2, 0) is 17.5 Å². The lowest BCUT2D eigenvalue weighted by molar-refractivity contribution is -0.140. The third-order valence-corrected chi connectivity index (χ3v) is 6.07. The van der Waals surface area contributed by atoms with Crippen molar-refractivity contribution in [2.24, 2.45) is 0 Å². The molecule has 0 N–H and O–H groups in total. The van der Waals surface area contributed by atoms with Crippen molar-refractivity contribution >= 4 is 21.8 Å². The number of nitrogens with zero attached hydrogens (tertiary/aromatic N) is 3. The predicted octanol–water partition coefficient (Wildman–Crippen LogP) is 4.22. The summed E-state index contributed by atoms with van der Waals surface area (Å²) in [7, 11) is 1.34. The Morgan fingerprint density at radius 3 is 2.53 bits per heavy atom. The van der Waals surface area contributed by atoms with Crippen molar-refractivity contribution in [2.75, 3.05) is 26.7 Å². The topological polar surface area (TPSA) is 39.5 Å². The summed E-state index contributed by atoms with van der Waals surface area (Å²) in [4.78, 5) is 5.85. The van der Waals surface area contributed by atoms with E-state index < -0.39 is 17.7 Å². The van der Waals surface area contributed by atoms with Crippen LogP contribution in [0.3, 0.4) is 0 Å². The number of halogens is 4. The molecule has 0 saturated carbocycles. The third kappa shape index (κ3) is 3.20. The highest BCUT2D eigenvalue weighted by atomic mass is 19.4.